The molecule has 1 heterocycles. The Morgan fingerprint density at radius 1 is 0.816 bits per heavy atom. The first kappa shape index (κ1) is 30.1. The summed E-state index contributed by atoms with van der Waals surface area (Å²) in [5, 5.41) is 5.57. The maximum atomic E-state index is 5.57. The number of fused-ring (bicyclic) bond motifs is 4. The molecule has 0 spiro atoms. The molecule has 5 unspecified atom stereocenters. The number of hydrogen-bond acceptors (Lipinski definition) is 1. The quantitative estimate of drug-likeness (QED) is 0.249. The van der Waals surface area contributed by atoms with Gasteiger partial charge in [-0.25, -0.2) is 0 Å². The summed E-state index contributed by atoms with van der Waals surface area (Å²) in [6.07, 6.45) is 26.5. The fourth-order valence-electron chi connectivity index (χ4n) is 7.74. The van der Waals surface area contributed by atoms with Gasteiger partial charge in [-0.1, -0.05) is 148 Å². The van der Waals surface area contributed by atoms with Crippen LogP contribution in [0, 0.1) is 37.0 Å². The van der Waals surface area contributed by atoms with Crippen molar-refractivity contribution in [2.75, 3.05) is 0 Å². The molecular formula is C32H40Cl2N2SiTi-2. The Balaban J connectivity index is 0.000000804. The number of allylic oxidation sites excluding steroid dienone is 10. The number of rotatable bonds is 4. The van der Waals surface area contributed by atoms with Crippen molar-refractivity contribution in [2.24, 2.45) is 29.6 Å². The Labute approximate surface area is 248 Å². The molecule has 0 amide bonds. The summed E-state index contributed by atoms with van der Waals surface area (Å²) in [7, 11) is 7.85. The van der Waals surface area contributed by atoms with E-state index < -0.39 is 25.3 Å². The number of nitrogens with zero attached hydrogens (tertiary/aromatic N) is 2. The molecule has 1 aromatic rings. The van der Waals surface area contributed by atoms with Crippen LogP contribution in [0.25, 0.3) is 10.9 Å². The molecule has 1 saturated heterocycles. The number of hydrogen-bond donors (Lipinski definition) is 0. The zero-order chi connectivity index (χ0) is 26.2. The third-order valence-electron chi connectivity index (χ3n) is 9.05. The first-order valence-electron chi connectivity index (χ1n) is 13.5. The second-order valence-corrected chi connectivity index (χ2v) is 18.7. The Morgan fingerprint density at radius 3 is 1.87 bits per heavy atom. The summed E-state index contributed by atoms with van der Waals surface area (Å²) in [5.41, 5.74) is 3.38. The summed E-state index contributed by atoms with van der Waals surface area (Å²) < 4.78 is 2.94. The molecule has 6 heteroatoms. The van der Waals surface area contributed by atoms with Gasteiger partial charge in [-0.2, -0.15) is 0 Å². The minimum atomic E-state index is -1.93. The first-order chi connectivity index (χ1) is 17.9. The van der Waals surface area contributed by atoms with Crippen LogP contribution in [0.2, 0.25) is 18.6 Å². The molecule has 0 bridgehead atoms. The normalized spacial score (nSPS) is 34.6. The van der Waals surface area contributed by atoms with Gasteiger partial charge in [0.15, 0.2) is 0 Å². The SMILES string of the molecule is CC(C)[C@H]1[N-]C2C(c3ccccc3)=CC=C[C@H]2N1[Si](C)(C)C1C2C=CC=CC2C2C=CC=CC21.[CH3-].[Cl][Ti][Cl]. The fourth-order valence-corrected chi connectivity index (χ4v) is 12.7. The Kier molecular flexibility index (Phi) is 10.1. The van der Waals surface area contributed by atoms with E-state index in [4.69, 9.17) is 23.9 Å². The molecule has 5 aliphatic rings. The van der Waals surface area contributed by atoms with Crippen molar-refractivity contribution in [1.82, 2.24) is 4.57 Å². The molecule has 0 aromatic heterocycles. The summed E-state index contributed by atoms with van der Waals surface area (Å²) in [4.78, 5) is 0. The second kappa shape index (κ2) is 12.7. The van der Waals surface area contributed by atoms with Crippen molar-refractivity contribution in [1.29, 1.82) is 0 Å². The van der Waals surface area contributed by atoms with Crippen LogP contribution < -0.4 is 0 Å². The van der Waals surface area contributed by atoms with Gasteiger partial charge >= 0.3 is 35.6 Å². The zero-order valence-corrected chi connectivity index (χ0v) is 27.2. The van der Waals surface area contributed by atoms with E-state index in [1.54, 1.807) is 0 Å². The topological polar surface area (TPSA) is 17.3 Å². The third-order valence-corrected chi connectivity index (χ3v) is 13.3. The van der Waals surface area contributed by atoms with Gasteiger partial charge in [0, 0.05) is 6.04 Å². The van der Waals surface area contributed by atoms with Crippen LogP contribution in [-0.4, -0.2) is 31.1 Å². The molecule has 4 aliphatic carbocycles. The third kappa shape index (κ3) is 5.38. The fraction of sp³-hybridized carbons (Fsp3) is 0.406. The summed E-state index contributed by atoms with van der Waals surface area (Å²) >= 11 is -0.556. The van der Waals surface area contributed by atoms with Crippen molar-refractivity contribution in [2.45, 2.75) is 50.7 Å². The average Bonchev–Trinajstić information content (AvgIpc) is 3.47. The molecule has 7 atom stereocenters. The Hall–Kier alpha value is -0.909. The van der Waals surface area contributed by atoms with E-state index in [0.717, 1.165) is 0 Å². The second-order valence-electron chi connectivity index (χ2n) is 11.6. The summed E-state index contributed by atoms with van der Waals surface area (Å²) in [5.74, 6) is 3.00. The van der Waals surface area contributed by atoms with Gasteiger partial charge in [0.05, 0.1) is 0 Å². The average molecular weight is 600 g/mol. The van der Waals surface area contributed by atoms with Gasteiger partial charge in [-0.05, 0) is 34.8 Å². The van der Waals surface area contributed by atoms with Crippen molar-refractivity contribution in [3.8, 4) is 0 Å². The van der Waals surface area contributed by atoms with E-state index in [1.807, 2.05) is 0 Å². The van der Waals surface area contributed by atoms with Crippen LogP contribution in [0.1, 0.15) is 19.4 Å². The van der Waals surface area contributed by atoms with Crippen LogP contribution in [0.4, 0.5) is 0 Å². The Morgan fingerprint density at radius 2 is 1.34 bits per heavy atom. The monoisotopic (exact) mass is 598 g/mol. The van der Waals surface area contributed by atoms with Crippen molar-refractivity contribution in [3.63, 3.8) is 0 Å². The van der Waals surface area contributed by atoms with Crippen LogP contribution in [0.15, 0.2) is 97.2 Å². The minimum absolute atomic E-state index is 0. The van der Waals surface area contributed by atoms with E-state index in [2.05, 4.69) is 129 Å². The standard InChI is InChI=1S/C31H37N2Si.CH3.2ClH.Ti/c1-21(2)31-32-29-23(22-13-6-5-7-14-22)19-12-20-28(29)33(31)34(3,4)30-26-17-10-8-15-24(26)25-16-9-11-18-27(25)30;;;;/h5-21,24-31H,1-4H3;1H3;2*1H;/q2*-1;;;+2/p-2/t24?,25?,26?,27?,28-,29?,30?,31+;;;;/m1..../s1. The van der Waals surface area contributed by atoms with Gasteiger partial charge in [-0.15, -0.1) is 0 Å². The number of benzene rings is 1. The molecule has 2 nitrogen and oxygen atoms in total. The van der Waals surface area contributed by atoms with Crippen molar-refractivity contribution >= 4 is 32.4 Å². The molecule has 1 aliphatic heterocycles. The maximum absolute atomic E-state index is 5.57. The van der Waals surface area contributed by atoms with E-state index in [1.165, 1.54) is 11.1 Å². The van der Waals surface area contributed by atoms with Crippen molar-refractivity contribution < 1.29 is 17.0 Å². The van der Waals surface area contributed by atoms with Crippen LogP contribution in [-0.2, 0) is 17.0 Å². The van der Waals surface area contributed by atoms with E-state index in [-0.39, 0.29) is 19.6 Å². The van der Waals surface area contributed by atoms with E-state index in [0.29, 0.717) is 41.2 Å². The van der Waals surface area contributed by atoms with Gasteiger partial charge in [0.25, 0.3) is 0 Å². The molecule has 0 N–H and O–H groups in total. The molecule has 1 aromatic carbocycles. The molecule has 202 valence electrons. The van der Waals surface area contributed by atoms with Crippen LogP contribution in [0.3, 0.4) is 0 Å². The van der Waals surface area contributed by atoms with Crippen LogP contribution >= 0.6 is 18.6 Å². The Bertz CT molecular complexity index is 1110. The van der Waals surface area contributed by atoms with Gasteiger partial charge < -0.3 is 17.3 Å². The van der Waals surface area contributed by atoms with Gasteiger partial charge in [0.1, 0.15) is 8.24 Å². The zero-order valence-electron chi connectivity index (χ0n) is 23.1. The molecule has 6 rings (SSSR count). The molecular weight excluding hydrogens is 559 g/mol. The molecule has 38 heavy (non-hydrogen) atoms. The summed E-state index contributed by atoms with van der Waals surface area (Å²) in [6.45, 7) is 10.0. The van der Waals surface area contributed by atoms with Crippen LogP contribution in [0.5, 0.6) is 0 Å². The predicted octanol–water partition coefficient (Wildman–Crippen LogP) is 9.18. The molecule has 2 fully saturated rings. The van der Waals surface area contributed by atoms with Gasteiger partial charge in [-0.3, -0.25) is 0 Å². The molecule has 1 saturated carbocycles. The van der Waals surface area contributed by atoms with E-state index >= 15 is 0 Å². The summed E-state index contributed by atoms with van der Waals surface area (Å²) in [6, 6.07) is 11.5. The van der Waals surface area contributed by atoms with Crippen molar-refractivity contribution in [3.05, 3.63) is 115 Å². The first-order valence-corrected chi connectivity index (χ1v) is 20.8. The number of halogens is 2. The molecule has 0 radical (unpaired) electrons. The van der Waals surface area contributed by atoms with E-state index in [9.17, 15) is 0 Å². The van der Waals surface area contributed by atoms with Gasteiger partial charge in [0.2, 0.25) is 0 Å². The predicted molar refractivity (Wildman–Crippen MR) is 165 cm³/mol.